The Balaban J connectivity index is 1.76. The molecule has 0 spiro atoms. The normalized spacial score (nSPS) is 11.5. The standard InChI is InChI=1S/C17H15BrN2O/c18-13-6-7-16-14(10-13)15(17(21)20-16)11-19-9-8-12-4-2-1-3-5-12/h1-7,10-11,20-21H,8-9H2. The van der Waals surface area contributed by atoms with Crippen molar-refractivity contribution in [3.8, 4) is 5.88 Å². The number of aliphatic imine (C=N–C) groups is 1. The molecule has 3 aromatic rings. The molecule has 0 saturated heterocycles. The van der Waals surface area contributed by atoms with Gasteiger partial charge in [0.1, 0.15) is 0 Å². The summed E-state index contributed by atoms with van der Waals surface area (Å²) in [6, 6.07) is 16.1. The number of benzene rings is 2. The molecule has 4 heteroatoms. The predicted molar refractivity (Wildman–Crippen MR) is 90.3 cm³/mol. The molecule has 106 valence electrons. The van der Waals surface area contributed by atoms with E-state index in [1.807, 2.05) is 36.4 Å². The number of nitrogens with one attached hydrogen (secondary N) is 1. The van der Waals surface area contributed by atoms with Crippen LogP contribution >= 0.6 is 15.9 Å². The second kappa shape index (κ2) is 6.14. The van der Waals surface area contributed by atoms with Crippen LogP contribution in [0.3, 0.4) is 0 Å². The molecule has 0 aliphatic heterocycles. The number of hydrogen-bond donors (Lipinski definition) is 2. The summed E-state index contributed by atoms with van der Waals surface area (Å²) >= 11 is 3.45. The van der Waals surface area contributed by atoms with Crippen molar-refractivity contribution < 1.29 is 5.11 Å². The Kier molecular flexibility index (Phi) is 4.06. The van der Waals surface area contributed by atoms with Gasteiger partial charge >= 0.3 is 0 Å². The lowest BCUT2D eigenvalue weighted by atomic mass is 10.1. The third-order valence-corrected chi connectivity index (χ3v) is 3.87. The zero-order chi connectivity index (χ0) is 14.7. The monoisotopic (exact) mass is 342 g/mol. The molecule has 0 bridgehead atoms. The first-order valence-electron chi connectivity index (χ1n) is 6.78. The van der Waals surface area contributed by atoms with Crippen LogP contribution in [0.1, 0.15) is 11.1 Å². The van der Waals surface area contributed by atoms with Crippen LogP contribution in [0.25, 0.3) is 10.9 Å². The zero-order valence-corrected chi connectivity index (χ0v) is 13.0. The van der Waals surface area contributed by atoms with E-state index in [1.165, 1.54) is 5.56 Å². The SMILES string of the molecule is Oc1[nH]c2ccc(Br)cc2c1C=NCCc1ccccc1. The molecule has 0 aliphatic rings. The number of halogens is 1. The van der Waals surface area contributed by atoms with Gasteiger partial charge in [-0.05, 0) is 30.2 Å². The van der Waals surface area contributed by atoms with Gasteiger partial charge in [-0.15, -0.1) is 0 Å². The lowest BCUT2D eigenvalue weighted by Gasteiger charge is -1.97. The van der Waals surface area contributed by atoms with Crippen LogP contribution in [-0.2, 0) is 6.42 Å². The number of aromatic hydroxyl groups is 1. The fraction of sp³-hybridized carbons (Fsp3) is 0.118. The minimum absolute atomic E-state index is 0.159. The zero-order valence-electron chi connectivity index (χ0n) is 11.4. The van der Waals surface area contributed by atoms with Gasteiger partial charge in [0, 0.05) is 28.1 Å². The van der Waals surface area contributed by atoms with Gasteiger partial charge in [-0.25, -0.2) is 0 Å². The Hall–Kier alpha value is -2.07. The van der Waals surface area contributed by atoms with Gasteiger partial charge in [-0.2, -0.15) is 0 Å². The number of rotatable bonds is 4. The van der Waals surface area contributed by atoms with Crippen molar-refractivity contribution in [3.63, 3.8) is 0 Å². The molecule has 3 nitrogen and oxygen atoms in total. The summed E-state index contributed by atoms with van der Waals surface area (Å²) in [5.74, 6) is 0.159. The van der Waals surface area contributed by atoms with E-state index in [0.717, 1.165) is 27.4 Å². The van der Waals surface area contributed by atoms with Crippen molar-refractivity contribution >= 4 is 33.0 Å². The number of hydrogen-bond acceptors (Lipinski definition) is 2. The van der Waals surface area contributed by atoms with E-state index < -0.39 is 0 Å². The summed E-state index contributed by atoms with van der Waals surface area (Å²) in [6.07, 6.45) is 2.63. The first-order chi connectivity index (χ1) is 10.2. The first-order valence-corrected chi connectivity index (χ1v) is 7.57. The van der Waals surface area contributed by atoms with E-state index in [9.17, 15) is 5.11 Å². The second-order valence-electron chi connectivity index (χ2n) is 4.85. The molecule has 0 fully saturated rings. The summed E-state index contributed by atoms with van der Waals surface area (Å²) in [5, 5.41) is 10.9. The maximum Gasteiger partial charge on any atom is 0.198 e. The first kappa shape index (κ1) is 13.9. The van der Waals surface area contributed by atoms with Crippen LogP contribution in [0.4, 0.5) is 0 Å². The van der Waals surface area contributed by atoms with Crippen LogP contribution in [0.5, 0.6) is 5.88 Å². The van der Waals surface area contributed by atoms with Crippen LogP contribution in [0, 0.1) is 0 Å². The molecular weight excluding hydrogens is 328 g/mol. The fourth-order valence-corrected chi connectivity index (χ4v) is 2.66. The third kappa shape index (κ3) is 3.16. The van der Waals surface area contributed by atoms with Crippen LogP contribution in [0.15, 0.2) is 58.0 Å². The summed E-state index contributed by atoms with van der Waals surface area (Å²) in [4.78, 5) is 7.39. The molecule has 1 heterocycles. The average molecular weight is 343 g/mol. The molecule has 2 N–H and O–H groups in total. The third-order valence-electron chi connectivity index (χ3n) is 3.37. The van der Waals surface area contributed by atoms with E-state index in [1.54, 1.807) is 6.21 Å². The molecule has 0 amide bonds. The van der Waals surface area contributed by atoms with Gasteiger partial charge < -0.3 is 10.1 Å². The number of aromatic amines is 1. The maximum absolute atomic E-state index is 9.98. The Morgan fingerprint density at radius 2 is 1.95 bits per heavy atom. The smallest absolute Gasteiger partial charge is 0.198 e. The number of nitrogens with zero attached hydrogens (tertiary/aromatic N) is 1. The van der Waals surface area contributed by atoms with Crippen molar-refractivity contribution in [1.29, 1.82) is 0 Å². The van der Waals surface area contributed by atoms with E-state index in [-0.39, 0.29) is 5.88 Å². The lowest BCUT2D eigenvalue weighted by molar-refractivity contribution is 0.457. The Morgan fingerprint density at radius 3 is 2.76 bits per heavy atom. The Labute approximate surface area is 131 Å². The summed E-state index contributed by atoms with van der Waals surface area (Å²) < 4.78 is 0.980. The Morgan fingerprint density at radius 1 is 1.14 bits per heavy atom. The van der Waals surface area contributed by atoms with Gasteiger partial charge in [0.25, 0.3) is 0 Å². The van der Waals surface area contributed by atoms with Crippen molar-refractivity contribution in [2.45, 2.75) is 6.42 Å². The molecule has 2 aromatic carbocycles. The largest absolute Gasteiger partial charge is 0.494 e. The summed E-state index contributed by atoms with van der Waals surface area (Å²) in [6.45, 7) is 0.699. The van der Waals surface area contributed by atoms with E-state index >= 15 is 0 Å². The lowest BCUT2D eigenvalue weighted by Crippen LogP contribution is -1.90. The highest BCUT2D eigenvalue weighted by Crippen LogP contribution is 2.28. The Bertz CT molecular complexity index is 778. The average Bonchev–Trinajstić information content (AvgIpc) is 2.80. The van der Waals surface area contributed by atoms with Gasteiger partial charge in [-0.3, -0.25) is 4.99 Å². The molecule has 0 saturated carbocycles. The van der Waals surface area contributed by atoms with Gasteiger partial charge in [-0.1, -0.05) is 46.3 Å². The fourth-order valence-electron chi connectivity index (χ4n) is 2.30. The molecule has 0 aliphatic carbocycles. The summed E-state index contributed by atoms with van der Waals surface area (Å²) in [7, 11) is 0. The topological polar surface area (TPSA) is 48.4 Å². The molecule has 0 atom stereocenters. The van der Waals surface area contributed by atoms with Gasteiger partial charge in [0.2, 0.25) is 0 Å². The van der Waals surface area contributed by atoms with Crippen molar-refractivity contribution in [1.82, 2.24) is 4.98 Å². The van der Waals surface area contributed by atoms with E-state index in [4.69, 9.17) is 0 Å². The van der Waals surface area contributed by atoms with E-state index in [2.05, 4.69) is 38.0 Å². The van der Waals surface area contributed by atoms with Gasteiger partial charge in [0.05, 0.1) is 5.56 Å². The van der Waals surface area contributed by atoms with Crippen molar-refractivity contribution in [2.24, 2.45) is 4.99 Å². The molecule has 0 radical (unpaired) electrons. The van der Waals surface area contributed by atoms with Crippen LogP contribution in [0.2, 0.25) is 0 Å². The van der Waals surface area contributed by atoms with Crippen molar-refractivity contribution in [3.05, 3.63) is 64.1 Å². The minimum atomic E-state index is 0.159. The minimum Gasteiger partial charge on any atom is -0.494 e. The quantitative estimate of drug-likeness (QED) is 0.682. The highest BCUT2D eigenvalue weighted by atomic mass is 79.9. The van der Waals surface area contributed by atoms with E-state index in [0.29, 0.717) is 6.54 Å². The molecule has 1 aromatic heterocycles. The highest BCUT2D eigenvalue weighted by Gasteiger charge is 2.08. The van der Waals surface area contributed by atoms with Gasteiger partial charge in [0.15, 0.2) is 5.88 Å². The molecule has 3 rings (SSSR count). The van der Waals surface area contributed by atoms with Crippen LogP contribution in [-0.4, -0.2) is 22.8 Å². The molecule has 0 unspecified atom stereocenters. The molecular formula is C17H15BrN2O. The maximum atomic E-state index is 9.98. The highest BCUT2D eigenvalue weighted by molar-refractivity contribution is 9.10. The van der Waals surface area contributed by atoms with Crippen LogP contribution < -0.4 is 0 Å². The molecule has 21 heavy (non-hydrogen) atoms. The summed E-state index contributed by atoms with van der Waals surface area (Å²) in [5.41, 5.74) is 2.90. The second-order valence-corrected chi connectivity index (χ2v) is 5.76. The number of fused-ring (bicyclic) bond motifs is 1. The number of aromatic nitrogens is 1. The predicted octanol–water partition coefficient (Wildman–Crippen LogP) is 4.30. The number of H-pyrrole nitrogens is 1. The van der Waals surface area contributed by atoms with Crippen molar-refractivity contribution in [2.75, 3.05) is 6.54 Å².